The Morgan fingerprint density at radius 2 is 1.77 bits per heavy atom. The summed E-state index contributed by atoms with van der Waals surface area (Å²) in [5.41, 5.74) is 0.404. The third-order valence-electron chi connectivity index (χ3n) is 5.27. The van der Waals surface area contributed by atoms with Crippen molar-refractivity contribution >= 4 is 11.9 Å². The van der Waals surface area contributed by atoms with Crippen LogP contribution in [-0.4, -0.2) is 58.6 Å². The van der Waals surface area contributed by atoms with E-state index >= 15 is 0 Å². The average molecular weight is 418 g/mol. The third kappa shape index (κ3) is 4.94. The van der Waals surface area contributed by atoms with E-state index in [0.717, 1.165) is 11.6 Å². The van der Waals surface area contributed by atoms with E-state index in [4.69, 9.17) is 9.84 Å². The van der Waals surface area contributed by atoms with Crippen LogP contribution < -0.4 is 4.74 Å². The van der Waals surface area contributed by atoms with Gasteiger partial charge in [0.25, 0.3) is 5.91 Å². The van der Waals surface area contributed by atoms with Gasteiger partial charge in [-0.1, -0.05) is 18.2 Å². The molecule has 8 heteroatoms. The summed E-state index contributed by atoms with van der Waals surface area (Å²) in [6.07, 6.45) is 0. The highest BCUT2D eigenvalue weighted by molar-refractivity contribution is 5.91. The molecule has 2 aromatic rings. The number of carboxylic acids is 1. The number of amides is 1. The van der Waals surface area contributed by atoms with Crippen molar-refractivity contribution in [3.63, 3.8) is 0 Å². The predicted molar refractivity (Wildman–Crippen MR) is 106 cm³/mol. The van der Waals surface area contributed by atoms with E-state index in [0.29, 0.717) is 19.6 Å². The molecule has 1 fully saturated rings. The van der Waals surface area contributed by atoms with Crippen molar-refractivity contribution in [1.82, 2.24) is 9.80 Å². The Morgan fingerprint density at radius 3 is 2.43 bits per heavy atom. The first kappa shape index (κ1) is 21.7. The van der Waals surface area contributed by atoms with Crippen LogP contribution in [0.5, 0.6) is 5.75 Å². The van der Waals surface area contributed by atoms with Crippen LogP contribution in [-0.2, 0) is 11.3 Å². The van der Waals surface area contributed by atoms with Gasteiger partial charge in [-0.25, -0.2) is 13.6 Å². The summed E-state index contributed by atoms with van der Waals surface area (Å²) in [6, 6.07) is 10.0. The molecule has 2 aromatic carbocycles. The first-order valence-electron chi connectivity index (χ1n) is 9.68. The highest BCUT2D eigenvalue weighted by atomic mass is 19.1. The molecule has 1 N–H and O–H groups in total. The van der Waals surface area contributed by atoms with E-state index < -0.39 is 17.3 Å². The van der Waals surface area contributed by atoms with Crippen LogP contribution in [0.1, 0.15) is 29.8 Å². The molecular weight excluding hydrogens is 394 g/mol. The van der Waals surface area contributed by atoms with Gasteiger partial charge in [-0.05, 0) is 43.7 Å². The molecule has 160 valence electrons. The van der Waals surface area contributed by atoms with Crippen LogP contribution in [0.2, 0.25) is 0 Å². The Hall–Kier alpha value is -3.00. The number of carbonyl (C=O) groups is 2. The van der Waals surface area contributed by atoms with Gasteiger partial charge in [0.15, 0.2) is 6.61 Å². The van der Waals surface area contributed by atoms with Gasteiger partial charge in [-0.15, -0.1) is 0 Å². The number of halogens is 2. The second-order valence-electron chi connectivity index (χ2n) is 7.51. The molecule has 0 bridgehead atoms. The molecule has 0 unspecified atom stereocenters. The summed E-state index contributed by atoms with van der Waals surface area (Å²) in [6.45, 7) is 5.30. The van der Waals surface area contributed by atoms with Gasteiger partial charge in [-0.3, -0.25) is 9.69 Å². The van der Waals surface area contributed by atoms with E-state index in [1.165, 1.54) is 24.3 Å². The Bertz CT molecular complexity index is 920. The summed E-state index contributed by atoms with van der Waals surface area (Å²) in [5.74, 6) is -3.11. The summed E-state index contributed by atoms with van der Waals surface area (Å²) in [5, 5.41) is 9.16. The number of aromatic carboxylic acids is 1. The molecule has 2 atom stereocenters. The Morgan fingerprint density at radius 1 is 1.07 bits per heavy atom. The number of hydrogen-bond acceptors (Lipinski definition) is 4. The fourth-order valence-electron chi connectivity index (χ4n) is 3.64. The molecular formula is C22H24F2N2O4. The number of benzene rings is 2. The van der Waals surface area contributed by atoms with Crippen molar-refractivity contribution in [3.8, 4) is 5.75 Å². The molecule has 30 heavy (non-hydrogen) atoms. The molecule has 1 aliphatic heterocycles. The first-order chi connectivity index (χ1) is 14.3. The van der Waals surface area contributed by atoms with Gasteiger partial charge in [0.2, 0.25) is 0 Å². The summed E-state index contributed by atoms with van der Waals surface area (Å²) in [7, 11) is 0. The van der Waals surface area contributed by atoms with E-state index in [1.807, 2.05) is 13.8 Å². The molecule has 1 heterocycles. The normalized spacial score (nSPS) is 19.5. The largest absolute Gasteiger partial charge is 0.483 e. The second-order valence-corrected chi connectivity index (χ2v) is 7.51. The first-order valence-corrected chi connectivity index (χ1v) is 9.68. The predicted octanol–water partition coefficient (Wildman–Crippen LogP) is 3.16. The fourth-order valence-corrected chi connectivity index (χ4v) is 3.64. The molecule has 0 aromatic heterocycles. The SMILES string of the molecule is C[C@@H]1CN(C(=O)COc2cccc(F)c2C(=O)O)[C@@H](C)CN1Cc1ccc(F)cc1. The van der Waals surface area contributed by atoms with E-state index in [-0.39, 0.29) is 36.2 Å². The van der Waals surface area contributed by atoms with Crippen LogP contribution in [0.25, 0.3) is 0 Å². The number of piperazine rings is 1. The van der Waals surface area contributed by atoms with Gasteiger partial charge in [0.1, 0.15) is 22.9 Å². The van der Waals surface area contributed by atoms with Crippen molar-refractivity contribution in [1.29, 1.82) is 0 Å². The van der Waals surface area contributed by atoms with Gasteiger partial charge in [0, 0.05) is 31.7 Å². The lowest BCUT2D eigenvalue weighted by Crippen LogP contribution is -2.58. The topological polar surface area (TPSA) is 70.1 Å². The number of carbonyl (C=O) groups excluding carboxylic acids is 1. The van der Waals surface area contributed by atoms with Crippen molar-refractivity contribution in [2.45, 2.75) is 32.5 Å². The monoisotopic (exact) mass is 418 g/mol. The zero-order chi connectivity index (χ0) is 21.8. The molecule has 1 amide bonds. The number of hydrogen-bond donors (Lipinski definition) is 1. The van der Waals surface area contributed by atoms with Crippen molar-refractivity contribution < 1.29 is 28.2 Å². The minimum atomic E-state index is -1.45. The van der Waals surface area contributed by atoms with Crippen LogP contribution in [0.15, 0.2) is 42.5 Å². The molecule has 3 rings (SSSR count). The number of ether oxygens (including phenoxy) is 1. The maximum Gasteiger partial charge on any atom is 0.342 e. The van der Waals surface area contributed by atoms with Gasteiger partial charge in [0.05, 0.1) is 0 Å². The highest BCUT2D eigenvalue weighted by Crippen LogP contribution is 2.23. The quantitative estimate of drug-likeness (QED) is 0.781. The third-order valence-corrected chi connectivity index (χ3v) is 5.27. The zero-order valence-electron chi connectivity index (χ0n) is 16.8. The van der Waals surface area contributed by atoms with Crippen LogP contribution in [0.3, 0.4) is 0 Å². The minimum absolute atomic E-state index is 0.0685. The van der Waals surface area contributed by atoms with Crippen molar-refractivity contribution in [2.75, 3.05) is 19.7 Å². The maximum atomic E-state index is 13.8. The summed E-state index contributed by atoms with van der Waals surface area (Å²) < 4.78 is 32.2. The van der Waals surface area contributed by atoms with Gasteiger partial charge < -0.3 is 14.7 Å². The lowest BCUT2D eigenvalue weighted by atomic mass is 10.1. The Balaban J connectivity index is 1.61. The minimum Gasteiger partial charge on any atom is -0.483 e. The lowest BCUT2D eigenvalue weighted by molar-refractivity contribution is -0.139. The molecule has 0 radical (unpaired) electrons. The summed E-state index contributed by atoms with van der Waals surface area (Å²) >= 11 is 0. The van der Waals surface area contributed by atoms with Crippen molar-refractivity contribution in [3.05, 3.63) is 65.2 Å². The Labute approximate surface area is 173 Å². The van der Waals surface area contributed by atoms with Crippen LogP contribution in [0.4, 0.5) is 8.78 Å². The molecule has 0 saturated carbocycles. The highest BCUT2D eigenvalue weighted by Gasteiger charge is 2.32. The number of rotatable bonds is 6. The number of nitrogens with zero attached hydrogens (tertiary/aromatic N) is 2. The van der Waals surface area contributed by atoms with E-state index in [2.05, 4.69) is 4.90 Å². The molecule has 0 aliphatic carbocycles. The average Bonchev–Trinajstić information content (AvgIpc) is 2.70. The number of carboxylic acid groups (broad SMARTS) is 1. The molecule has 1 aliphatic rings. The maximum absolute atomic E-state index is 13.8. The standard InChI is InChI=1S/C22H24F2N2O4/c1-14-11-26(15(2)10-25(14)12-16-6-8-17(23)9-7-16)20(27)13-30-19-5-3-4-18(24)21(19)22(28)29/h3-9,14-15H,10-13H2,1-2H3,(H,28,29)/t14-,15+/m1/s1. The van der Waals surface area contributed by atoms with E-state index in [9.17, 15) is 18.4 Å². The van der Waals surface area contributed by atoms with E-state index in [1.54, 1.807) is 17.0 Å². The molecule has 6 nitrogen and oxygen atoms in total. The fraction of sp³-hybridized carbons (Fsp3) is 0.364. The molecule has 0 spiro atoms. The zero-order valence-corrected chi connectivity index (χ0v) is 16.8. The van der Waals surface area contributed by atoms with Gasteiger partial charge >= 0.3 is 5.97 Å². The smallest absolute Gasteiger partial charge is 0.342 e. The van der Waals surface area contributed by atoms with Crippen LogP contribution in [0, 0.1) is 11.6 Å². The van der Waals surface area contributed by atoms with Gasteiger partial charge in [-0.2, -0.15) is 0 Å². The second kappa shape index (κ2) is 9.21. The molecule has 1 saturated heterocycles. The van der Waals surface area contributed by atoms with Crippen LogP contribution >= 0.6 is 0 Å². The lowest BCUT2D eigenvalue weighted by Gasteiger charge is -2.44. The summed E-state index contributed by atoms with van der Waals surface area (Å²) in [4.78, 5) is 27.8. The van der Waals surface area contributed by atoms with Crippen molar-refractivity contribution in [2.24, 2.45) is 0 Å². The Kier molecular flexibility index (Phi) is 6.66.